The molecule has 1 fully saturated rings. The van der Waals surface area contributed by atoms with E-state index in [1.54, 1.807) is 0 Å². The Hall–Kier alpha value is -1.10. The molecular weight excluding hydrogens is 176 g/mol. The molecule has 2 atom stereocenters. The number of methoxy groups -OCH3 is 2. The smallest absolute Gasteiger partial charge is 0.334 e. The van der Waals surface area contributed by atoms with Crippen molar-refractivity contribution in [3.05, 3.63) is 0 Å². The van der Waals surface area contributed by atoms with Gasteiger partial charge in [0.15, 0.2) is 6.10 Å². The monoisotopic (exact) mass is 188 g/mol. The van der Waals surface area contributed by atoms with E-state index in [4.69, 9.17) is 4.74 Å². The first kappa shape index (κ1) is 9.98. The van der Waals surface area contributed by atoms with Crippen LogP contribution < -0.4 is 0 Å². The van der Waals surface area contributed by atoms with E-state index in [9.17, 15) is 9.59 Å². The zero-order chi connectivity index (χ0) is 9.84. The van der Waals surface area contributed by atoms with Crippen molar-refractivity contribution >= 4 is 11.9 Å². The van der Waals surface area contributed by atoms with Crippen LogP contribution in [0.15, 0.2) is 0 Å². The zero-order valence-corrected chi connectivity index (χ0v) is 7.61. The molecule has 0 unspecified atom stereocenters. The molecule has 0 aromatic rings. The van der Waals surface area contributed by atoms with Crippen LogP contribution in [-0.2, 0) is 23.8 Å². The zero-order valence-electron chi connectivity index (χ0n) is 7.61. The second-order valence-corrected chi connectivity index (χ2v) is 2.80. The molecule has 1 aliphatic heterocycles. The first-order chi connectivity index (χ1) is 6.19. The minimum atomic E-state index is -0.617. The third-order valence-corrected chi connectivity index (χ3v) is 2.00. The summed E-state index contributed by atoms with van der Waals surface area (Å²) in [5, 5.41) is 0. The van der Waals surface area contributed by atoms with Crippen LogP contribution >= 0.6 is 0 Å². The average Bonchev–Trinajstić information content (AvgIpc) is 2.64. The number of carbonyl (C=O) groups is 2. The van der Waals surface area contributed by atoms with Gasteiger partial charge >= 0.3 is 11.9 Å². The van der Waals surface area contributed by atoms with Gasteiger partial charge in [0, 0.05) is 0 Å². The molecule has 1 rings (SSSR count). The Morgan fingerprint density at radius 1 is 1.23 bits per heavy atom. The molecule has 1 heterocycles. The van der Waals surface area contributed by atoms with Crippen molar-refractivity contribution in [3.8, 4) is 0 Å². The number of ether oxygens (including phenoxy) is 3. The van der Waals surface area contributed by atoms with E-state index >= 15 is 0 Å². The van der Waals surface area contributed by atoms with Gasteiger partial charge in [-0.1, -0.05) is 0 Å². The normalized spacial score (nSPS) is 26.9. The molecule has 74 valence electrons. The Morgan fingerprint density at radius 3 is 2.38 bits per heavy atom. The van der Waals surface area contributed by atoms with Gasteiger partial charge < -0.3 is 14.2 Å². The molecule has 1 saturated heterocycles. The molecule has 13 heavy (non-hydrogen) atoms. The number of esters is 2. The Balaban J connectivity index is 2.44. The van der Waals surface area contributed by atoms with Gasteiger partial charge in [-0.3, -0.25) is 4.79 Å². The van der Waals surface area contributed by atoms with Crippen LogP contribution in [0, 0.1) is 5.92 Å². The lowest BCUT2D eigenvalue weighted by Gasteiger charge is -2.05. The highest BCUT2D eigenvalue weighted by Crippen LogP contribution is 2.21. The number of rotatable bonds is 2. The Bertz CT molecular complexity index is 191. The minimum Gasteiger partial charge on any atom is -0.469 e. The SMILES string of the molecule is COC(=O)[C@@H]1CO[C@H](C(=O)OC)C1. The van der Waals surface area contributed by atoms with Gasteiger partial charge in [0.1, 0.15) is 0 Å². The minimum absolute atomic E-state index is 0.229. The summed E-state index contributed by atoms with van der Waals surface area (Å²) in [5.41, 5.74) is 0. The van der Waals surface area contributed by atoms with Gasteiger partial charge in [-0.05, 0) is 6.42 Å². The molecule has 0 spiro atoms. The van der Waals surface area contributed by atoms with Gasteiger partial charge in [0.05, 0.1) is 26.7 Å². The fraction of sp³-hybridized carbons (Fsp3) is 0.750. The van der Waals surface area contributed by atoms with E-state index in [1.807, 2.05) is 0 Å². The van der Waals surface area contributed by atoms with E-state index in [0.29, 0.717) is 6.42 Å². The van der Waals surface area contributed by atoms with Crippen molar-refractivity contribution in [2.75, 3.05) is 20.8 Å². The first-order valence-corrected chi connectivity index (χ1v) is 3.96. The molecule has 0 bridgehead atoms. The summed E-state index contributed by atoms with van der Waals surface area (Å²) in [6, 6.07) is 0. The fourth-order valence-electron chi connectivity index (χ4n) is 1.25. The second kappa shape index (κ2) is 4.23. The quantitative estimate of drug-likeness (QED) is 0.558. The summed E-state index contributed by atoms with van der Waals surface area (Å²) in [6.45, 7) is 0.229. The molecular formula is C8H12O5. The fourth-order valence-corrected chi connectivity index (χ4v) is 1.25. The van der Waals surface area contributed by atoms with E-state index in [1.165, 1.54) is 14.2 Å². The summed E-state index contributed by atoms with van der Waals surface area (Å²) in [5.74, 6) is -1.12. The molecule has 5 nitrogen and oxygen atoms in total. The number of hydrogen-bond acceptors (Lipinski definition) is 5. The highest BCUT2D eigenvalue weighted by molar-refractivity contribution is 5.78. The van der Waals surface area contributed by atoms with Crippen LogP contribution in [0.3, 0.4) is 0 Å². The van der Waals surface area contributed by atoms with E-state index in [0.717, 1.165) is 0 Å². The molecule has 0 aliphatic carbocycles. The first-order valence-electron chi connectivity index (χ1n) is 3.96. The van der Waals surface area contributed by atoms with Gasteiger partial charge in [0.25, 0.3) is 0 Å². The van der Waals surface area contributed by atoms with Crippen molar-refractivity contribution < 1.29 is 23.8 Å². The van der Waals surface area contributed by atoms with Crippen molar-refractivity contribution in [1.29, 1.82) is 0 Å². The lowest BCUT2D eigenvalue weighted by Crippen LogP contribution is -2.22. The Labute approximate surface area is 76.0 Å². The largest absolute Gasteiger partial charge is 0.469 e. The molecule has 5 heteroatoms. The van der Waals surface area contributed by atoms with E-state index in [-0.39, 0.29) is 18.5 Å². The molecule has 0 aromatic carbocycles. The highest BCUT2D eigenvalue weighted by Gasteiger charge is 2.36. The molecule has 0 radical (unpaired) electrons. The summed E-state index contributed by atoms with van der Waals surface area (Å²) in [4.78, 5) is 22.0. The van der Waals surface area contributed by atoms with Crippen molar-refractivity contribution in [1.82, 2.24) is 0 Å². The highest BCUT2D eigenvalue weighted by atomic mass is 16.6. The lowest BCUT2D eigenvalue weighted by molar-refractivity contribution is -0.151. The van der Waals surface area contributed by atoms with E-state index in [2.05, 4.69) is 9.47 Å². The maximum absolute atomic E-state index is 11.0. The topological polar surface area (TPSA) is 61.8 Å². The molecule has 0 N–H and O–H groups in total. The van der Waals surface area contributed by atoms with Crippen LogP contribution in [0.5, 0.6) is 0 Å². The van der Waals surface area contributed by atoms with Crippen molar-refractivity contribution in [3.63, 3.8) is 0 Å². The van der Waals surface area contributed by atoms with Gasteiger partial charge in [-0.15, -0.1) is 0 Å². The van der Waals surface area contributed by atoms with Gasteiger partial charge in [0.2, 0.25) is 0 Å². The summed E-state index contributed by atoms with van der Waals surface area (Å²) in [6.07, 6.45) is -0.270. The second-order valence-electron chi connectivity index (χ2n) is 2.80. The van der Waals surface area contributed by atoms with Crippen LogP contribution in [0.25, 0.3) is 0 Å². The molecule has 0 aromatic heterocycles. The number of carbonyl (C=O) groups excluding carboxylic acids is 2. The maximum atomic E-state index is 11.0. The maximum Gasteiger partial charge on any atom is 0.334 e. The number of hydrogen-bond donors (Lipinski definition) is 0. The molecule has 1 aliphatic rings. The Kier molecular flexibility index (Phi) is 3.25. The standard InChI is InChI=1S/C8H12O5/c1-11-7(9)5-3-6(13-4-5)8(10)12-2/h5-6H,3-4H2,1-2H3/t5-,6-/m0/s1. The average molecular weight is 188 g/mol. The summed E-state index contributed by atoms with van der Waals surface area (Å²) in [7, 11) is 2.60. The lowest BCUT2D eigenvalue weighted by atomic mass is 10.1. The summed E-state index contributed by atoms with van der Waals surface area (Å²) < 4.78 is 14.1. The molecule has 0 amide bonds. The van der Waals surface area contributed by atoms with E-state index < -0.39 is 12.1 Å². The van der Waals surface area contributed by atoms with Crippen LogP contribution in [-0.4, -0.2) is 38.9 Å². The summed E-state index contributed by atoms with van der Waals surface area (Å²) >= 11 is 0. The third-order valence-electron chi connectivity index (χ3n) is 2.00. The Morgan fingerprint density at radius 2 is 1.85 bits per heavy atom. The van der Waals surface area contributed by atoms with Crippen LogP contribution in [0.4, 0.5) is 0 Å². The van der Waals surface area contributed by atoms with Crippen LogP contribution in [0.2, 0.25) is 0 Å². The van der Waals surface area contributed by atoms with Crippen LogP contribution in [0.1, 0.15) is 6.42 Å². The molecule has 0 saturated carbocycles. The van der Waals surface area contributed by atoms with Gasteiger partial charge in [-0.2, -0.15) is 0 Å². The predicted octanol–water partition coefficient (Wildman–Crippen LogP) is -0.263. The third kappa shape index (κ3) is 2.18. The van der Waals surface area contributed by atoms with Crippen molar-refractivity contribution in [2.45, 2.75) is 12.5 Å². The van der Waals surface area contributed by atoms with Crippen molar-refractivity contribution in [2.24, 2.45) is 5.92 Å². The predicted molar refractivity (Wildman–Crippen MR) is 41.9 cm³/mol. The van der Waals surface area contributed by atoms with Gasteiger partial charge in [-0.25, -0.2) is 4.79 Å².